The molecule has 2 aromatic rings. The van der Waals surface area contributed by atoms with Crippen molar-refractivity contribution in [1.29, 1.82) is 0 Å². The molecule has 1 aliphatic heterocycles. The van der Waals surface area contributed by atoms with Crippen molar-refractivity contribution < 1.29 is 9.18 Å². The molecule has 3 rings (SSSR count). The molecule has 0 bridgehead atoms. The summed E-state index contributed by atoms with van der Waals surface area (Å²) in [6, 6.07) is 12.7. The number of amides is 1. The molecule has 1 amide bonds. The first-order chi connectivity index (χ1) is 9.67. The van der Waals surface area contributed by atoms with E-state index in [9.17, 15) is 9.18 Å². The van der Waals surface area contributed by atoms with Crippen molar-refractivity contribution in [3.63, 3.8) is 0 Å². The van der Waals surface area contributed by atoms with Gasteiger partial charge in [-0.1, -0.05) is 31.2 Å². The molecule has 1 N–H and O–H groups in total. The maximum Gasteiger partial charge on any atom is 0.232 e. The molecular weight excluding hydrogens is 253 g/mol. The number of carbonyl (C=O) groups excluding carboxylic acids is 1. The summed E-state index contributed by atoms with van der Waals surface area (Å²) in [6.07, 6.45) is 1.60. The molecule has 0 saturated carbocycles. The third-order valence-electron chi connectivity index (χ3n) is 3.83. The molecule has 0 aromatic heterocycles. The number of rotatable bonds is 3. The van der Waals surface area contributed by atoms with Crippen LogP contribution in [0.25, 0.3) is 0 Å². The Balaban J connectivity index is 1.87. The SMILES string of the molecule is CCc1ccc(CC2C(=O)Nc3ccc(F)cc32)cc1. The minimum Gasteiger partial charge on any atom is -0.325 e. The van der Waals surface area contributed by atoms with Crippen molar-refractivity contribution in [3.8, 4) is 0 Å². The number of hydrogen-bond donors (Lipinski definition) is 1. The molecule has 1 unspecified atom stereocenters. The van der Waals surface area contributed by atoms with Gasteiger partial charge in [-0.05, 0) is 47.7 Å². The Bertz CT molecular complexity index is 649. The van der Waals surface area contributed by atoms with Crippen LogP contribution >= 0.6 is 0 Å². The second-order valence-electron chi connectivity index (χ2n) is 5.15. The minimum absolute atomic E-state index is 0.0508. The van der Waals surface area contributed by atoms with Gasteiger partial charge in [-0.25, -0.2) is 4.39 Å². The Labute approximate surface area is 117 Å². The highest BCUT2D eigenvalue weighted by Gasteiger charge is 2.30. The molecule has 2 aromatic carbocycles. The number of fused-ring (bicyclic) bond motifs is 1. The van der Waals surface area contributed by atoms with Crippen molar-refractivity contribution >= 4 is 11.6 Å². The number of anilines is 1. The maximum atomic E-state index is 13.4. The van der Waals surface area contributed by atoms with Gasteiger partial charge >= 0.3 is 0 Å². The first-order valence-electron chi connectivity index (χ1n) is 6.85. The highest BCUT2D eigenvalue weighted by molar-refractivity contribution is 6.03. The van der Waals surface area contributed by atoms with Crippen molar-refractivity contribution in [1.82, 2.24) is 0 Å². The Morgan fingerprint density at radius 2 is 1.80 bits per heavy atom. The average Bonchev–Trinajstić information content (AvgIpc) is 2.76. The van der Waals surface area contributed by atoms with Crippen LogP contribution in [0, 0.1) is 5.82 Å². The van der Waals surface area contributed by atoms with Crippen LogP contribution in [0.5, 0.6) is 0 Å². The van der Waals surface area contributed by atoms with Crippen LogP contribution in [0.15, 0.2) is 42.5 Å². The second kappa shape index (κ2) is 5.08. The summed E-state index contributed by atoms with van der Waals surface area (Å²) in [6.45, 7) is 2.11. The summed E-state index contributed by atoms with van der Waals surface area (Å²) in [7, 11) is 0. The monoisotopic (exact) mass is 269 g/mol. The van der Waals surface area contributed by atoms with Crippen LogP contribution < -0.4 is 5.32 Å². The summed E-state index contributed by atoms with van der Waals surface area (Å²) >= 11 is 0. The van der Waals surface area contributed by atoms with Crippen molar-refractivity contribution in [2.75, 3.05) is 5.32 Å². The fourth-order valence-electron chi connectivity index (χ4n) is 2.65. The zero-order valence-corrected chi connectivity index (χ0v) is 11.3. The molecule has 0 radical (unpaired) electrons. The van der Waals surface area contributed by atoms with Crippen LogP contribution in [0.1, 0.15) is 29.5 Å². The largest absolute Gasteiger partial charge is 0.325 e. The summed E-state index contributed by atoms with van der Waals surface area (Å²) in [5.41, 5.74) is 3.86. The van der Waals surface area contributed by atoms with Gasteiger partial charge in [0.05, 0.1) is 5.92 Å². The highest BCUT2D eigenvalue weighted by atomic mass is 19.1. The van der Waals surface area contributed by atoms with Crippen molar-refractivity contribution in [3.05, 3.63) is 65.0 Å². The zero-order valence-electron chi connectivity index (χ0n) is 11.3. The number of hydrogen-bond acceptors (Lipinski definition) is 1. The van der Waals surface area contributed by atoms with Gasteiger partial charge in [-0.2, -0.15) is 0 Å². The first kappa shape index (κ1) is 12.9. The van der Waals surface area contributed by atoms with Crippen molar-refractivity contribution in [2.45, 2.75) is 25.7 Å². The number of halogens is 1. The van der Waals surface area contributed by atoms with E-state index in [0.29, 0.717) is 6.42 Å². The predicted octanol–water partition coefficient (Wildman–Crippen LogP) is 3.67. The van der Waals surface area contributed by atoms with E-state index in [2.05, 4.69) is 24.4 Å². The number of benzene rings is 2. The molecule has 3 heteroatoms. The molecular formula is C17H16FNO. The van der Waals surface area contributed by atoms with E-state index in [0.717, 1.165) is 23.2 Å². The normalized spacial score (nSPS) is 16.9. The minimum atomic E-state index is -0.299. The van der Waals surface area contributed by atoms with Crippen LogP contribution in [-0.4, -0.2) is 5.91 Å². The van der Waals surface area contributed by atoms with Gasteiger partial charge in [0.25, 0.3) is 0 Å². The topological polar surface area (TPSA) is 29.1 Å². The lowest BCUT2D eigenvalue weighted by atomic mass is 9.92. The first-order valence-corrected chi connectivity index (χ1v) is 6.85. The Morgan fingerprint density at radius 3 is 2.50 bits per heavy atom. The van der Waals surface area contributed by atoms with E-state index in [4.69, 9.17) is 0 Å². The van der Waals surface area contributed by atoms with Crippen molar-refractivity contribution in [2.24, 2.45) is 0 Å². The van der Waals surface area contributed by atoms with Gasteiger partial charge in [0.15, 0.2) is 0 Å². The molecule has 20 heavy (non-hydrogen) atoms. The maximum absolute atomic E-state index is 13.4. The molecule has 0 fully saturated rings. The van der Waals surface area contributed by atoms with E-state index < -0.39 is 0 Å². The van der Waals surface area contributed by atoms with Crippen LogP contribution in [0.3, 0.4) is 0 Å². The lowest BCUT2D eigenvalue weighted by molar-refractivity contribution is -0.117. The summed E-state index contributed by atoms with van der Waals surface area (Å²) in [4.78, 5) is 12.0. The molecule has 1 aliphatic rings. The molecule has 1 atom stereocenters. The molecule has 0 saturated heterocycles. The Kier molecular flexibility index (Phi) is 3.26. The summed E-state index contributed by atoms with van der Waals surface area (Å²) in [5, 5.41) is 2.81. The quantitative estimate of drug-likeness (QED) is 0.905. The fraction of sp³-hybridized carbons (Fsp3) is 0.235. The van der Waals surface area contributed by atoms with E-state index in [1.807, 2.05) is 12.1 Å². The van der Waals surface area contributed by atoms with E-state index in [1.165, 1.54) is 17.7 Å². The third-order valence-corrected chi connectivity index (χ3v) is 3.83. The van der Waals surface area contributed by atoms with Crippen LogP contribution in [0.4, 0.5) is 10.1 Å². The zero-order chi connectivity index (χ0) is 14.1. The van der Waals surface area contributed by atoms with E-state index in [-0.39, 0.29) is 17.6 Å². The number of carbonyl (C=O) groups is 1. The molecule has 2 nitrogen and oxygen atoms in total. The van der Waals surface area contributed by atoms with Gasteiger partial charge in [-0.15, -0.1) is 0 Å². The Hall–Kier alpha value is -2.16. The molecule has 1 heterocycles. The third kappa shape index (κ3) is 2.31. The lowest BCUT2D eigenvalue weighted by Crippen LogP contribution is -2.14. The van der Waals surface area contributed by atoms with Gasteiger partial charge in [0.1, 0.15) is 5.82 Å². The van der Waals surface area contributed by atoms with Gasteiger partial charge in [0.2, 0.25) is 5.91 Å². The summed E-state index contributed by atoms with van der Waals surface area (Å²) < 4.78 is 13.4. The average molecular weight is 269 g/mol. The fourth-order valence-corrected chi connectivity index (χ4v) is 2.65. The smallest absolute Gasteiger partial charge is 0.232 e. The van der Waals surface area contributed by atoms with Crippen LogP contribution in [0.2, 0.25) is 0 Å². The number of nitrogens with one attached hydrogen (secondary N) is 1. The van der Waals surface area contributed by atoms with Gasteiger partial charge in [-0.3, -0.25) is 4.79 Å². The molecule has 102 valence electrons. The van der Waals surface area contributed by atoms with E-state index >= 15 is 0 Å². The summed E-state index contributed by atoms with van der Waals surface area (Å²) in [5.74, 6) is -0.648. The molecule has 0 spiro atoms. The standard InChI is InChI=1S/C17H16FNO/c1-2-11-3-5-12(6-4-11)9-15-14-10-13(18)7-8-16(14)19-17(15)20/h3-8,10,15H,2,9H2,1H3,(H,19,20). The lowest BCUT2D eigenvalue weighted by Gasteiger charge is -2.09. The highest BCUT2D eigenvalue weighted by Crippen LogP contribution is 2.35. The van der Waals surface area contributed by atoms with Crippen LogP contribution in [-0.2, 0) is 17.6 Å². The predicted molar refractivity (Wildman–Crippen MR) is 77.3 cm³/mol. The number of aryl methyl sites for hydroxylation is 1. The second-order valence-corrected chi connectivity index (χ2v) is 5.15. The Morgan fingerprint density at radius 1 is 1.10 bits per heavy atom. The van der Waals surface area contributed by atoms with Gasteiger partial charge in [0, 0.05) is 5.69 Å². The molecule has 0 aliphatic carbocycles. The van der Waals surface area contributed by atoms with Gasteiger partial charge < -0.3 is 5.32 Å². The van der Waals surface area contributed by atoms with E-state index in [1.54, 1.807) is 6.07 Å².